The molecule has 210 valence electrons. The summed E-state index contributed by atoms with van der Waals surface area (Å²) in [5.74, 6) is -0.00119. The maximum Gasteiger partial charge on any atom is 0.417 e. The zero-order chi connectivity index (χ0) is 27.9. The van der Waals surface area contributed by atoms with E-state index in [9.17, 15) is 22.4 Å². The van der Waals surface area contributed by atoms with Crippen molar-refractivity contribution in [3.63, 3.8) is 0 Å². The minimum absolute atomic E-state index is 0.0525. The Bertz CT molecular complexity index is 1400. The Balaban J connectivity index is 1.80. The third-order valence-electron chi connectivity index (χ3n) is 6.93. The Morgan fingerprint density at radius 2 is 1.79 bits per heavy atom. The topological polar surface area (TPSA) is 68.6 Å². The highest BCUT2D eigenvalue weighted by molar-refractivity contribution is 7.99. The largest absolute Gasteiger partial charge is 0.417 e. The minimum atomic E-state index is -4.71. The average Bonchev–Trinajstić information content (AvgIpc) is 3.06. The van der Waals surface area contributed by atoms with Gasteiger partial charge in [0.15, 0.2) is 0 Å². The van der Waals surface area contributed by atoms with E-state index in [1.807, 2.05) is 18.7 Å². The van der Waals surface area contributed by atoms with Crippen LogP contribution in [0.3, 0.4) is 0 Å². The number of benzene rings is 2. The third kappa shape index (κ3) is 5.65. The number of hydrogen-bond acceptors (Lipinski definition) is 7. The predicted octanol–water partition coefficient (Wildman–Crippen LogP) is 4.55. The molecule has 2 aliphatic rings. The molecule has 1 saturated heterocycles. The van der Waals surface area contributed by atoms with Crippen molar-refractivity contribution in [1.82, 2.24) is 14.9 Å². The summed E-state index contributed by atoms with van der Waals surface area (Å²) in [5, 5.41) is 3.66. The van der Waals surface area contributed by atoms with E-state index < -0.39 is 29.4 Å². The summed E-state index contributed by atoms with van der Waals surface area (Å²) in [6, 6.07) is 6.15. The van der Waals surface area contributed by atoms with Gasteiger partial charge in [0.25, 0.3) is 0 Å². The van der Waals surface area contributed by atoms with E-state index in [1.165, 1.54) is 28.5 Å². The van der Waals surface area contributed by atoms with Crippen molar-refractivity contribution >= 4 is 28.5 Å². The van der Waals surface area contributed by atoms with E-state index in [-0.39, 0.29) is 47.6 Å². The summed E-state index contributed by atoms with van der Waals surface area (Å²) in [6.07, 6.45) is -5.17. The number of halogens is 4. The van der Waals surface area contributed by atoms with Crippen LogP contribution in [0.5, 0.6) is 0 Å². The number of ether oxygens (including phenoxy) is 2. The Morgan fingerprint density at radius 3 is 2.44 bits per heavy atom. The lowest BCUT2D eigenvalue weighted by Gasteiger charge is -2.37. The average molecular weight is 567 g/mol. The SMILES string of the molecule is COCCO[C@@H]1CSc2c(-c3ccc(F)cc3)c(C(F)(F)F)cc3c(N4C[C@@H](C)N[C@@H](C)C4)nc(=O)n(c23)C1. The molecule has 2 aliphatic heterocycles. The van der Waals surface area contributed by atoms with Crippen molar-refractivity contribution in [2.75, 3.05) is 44.1 Å². The van der Waals surface area contributed by atoms with Gasteiger partial charge in [0.2, 0.25) is 0 Å². The summed E-state index contributed by atoms with van der Waals surface area (Å²) >= 11 is 1.21. The Labute approximate surface area is 227 Å². The first-order chi connectivity index (χ1) is 18.6. The van der Waals surface area contributed by atoms with Gasteiger partial charge < -0.3 is 19.7 Å². The van der Waals surface area contributed by atoms with Gasteiger partial charge in [-0.1, -0.05) is 12.1 Å². The summed E-state index contributed by atoms with van der Waals surface area (Å²) < 4.78 is 70.3. The van der Waals surface area contributed by atoms with Gasteiger partial charge in [-0.05, 0) is 37.6 Å². The van der Waals surface area contributed by atoms with Crippen molar-refractivity contribution in [3.05, 3.63) is 52.2 Å². The third-order valence-corrected chi connectivity index (χ3v) is 8.16. The maximum absolute atomic E-state index is 14.7. The van der Waals surface area contributed by atoms with Crippen LogP contribution in [0.15, 0.2) is 40.0 Å². The highest BCUT2D eigenvalue weighted by Crippen LogP contribution is 2.48. The number of nitrogens with zero attached hydrogens (tertiary/aromatic N) is 3. The number of nitrogens with one attached hydrogen (secondary N) is 1. The molecule has 1 N–H and O–H groups in total. The molecule has 0 amide bonds. The van der Waals surface area contributed by atoms with Crippen LogP contribution in [0.2, 0.25) is 0 Å². The quantitative estimate of drug-likeness (QED) is 0.347. The highest BCUT2D eigenvalue weighted by Gasteiger charge is 2.39. The van der Waals surface area contributed by atoms with E-state index in [1.54, 1.807) is 7.11 Å². The molecule has 0 unspecified atom stereocenters. The van der Waals surface area contributed by atoms with E-state index in [4.69, 9.17) is 9.47 Å². The molecule has 1 fully saturated rings. The smallest absolute Gasteiger partial charge is 0.382 e. The first kappa shape index (κ1) is 27.9. The molecule has 0 bridgehead atoms. The summed E-state index contributed by atoms with van der Waals surface area (Å²) in [5.41, 5.74) is -0.880. The molecule has 0 spiro atoms. The fourth-order valence-corrected chi connectivity index (χ4v) is 6.69. The Hall–Kier alpha value is -2.67. The molecular weight excluding hydrogens is 536 g/mol. The maximum atomic E-state index is 14.7. The molecule has 5 rings (SSSR count). The molecule has 7 nitrogen and oxygen atoms in total. The molecule has 3 heterocycles. The fourth-order valence-electron chi connectivity index (χ4n) is 5.40. The standard InChI is InChI=1S/C27H30F4N4O3S/c1-15-11-34(12-16(2)32-15)25-20-10-21(27(29,30)31)22(17-4-6-18(28)7-5-17)24-23(20)35(26(36)33-25)13-19(14-39-24)38-9-8-37-3/h4-7,10,15-16,19,32H,8-9,11-14H2,1-3H3/t15-,16+,19-/m0/s1. The highest BCUT2D eigenvalue weighted by atomic mass is 32.2. The zero-order valence-corrected chi connectivity index (χ0v) is 22.7. The lowest BCUT2D eigenvalue weighted by atomic mass is 9.96. The Kier molecular flexibility index (Phi) is 7.91. The van der Waals surface area contributed by atoms with E-state index >= 15 is 0 Å². The van der Waals surface area contributed by atoms with Gasteiger partial charge in [0.1, 0.15) is 11.6 Å². The van der Waals surface area contributed by atoms with E-state index in [0.717, 1.165) is 18.2 Å². The molecule has 2 aromatic carbocycles. The number of methoxy groups -OCH3 is 1. The lowest BCUT2D eigenvalue weighted by Crippen LogP contribution is -2.55. The molecule has 1 aromatic heterocycles. The first-order valence-corrected chi connectivity index (χ1v) is 13.7. The second-order valence-electron chi connectivity index (χ2n) is 10.0. The molecule has 3 atom stereocenters. The monoisotopic (exact) mass is 566 g/mol. The fraction of sp³-hybridized carbons (Fsp3) is 0.481. The molecule has 39 heavy (non-hydrogen) atoms. The van der Waals surface area contributed by atoms with Gasteiger partial charge in [-0.2, -0.15) is 18.2 Å². The van der Waals surface area contributed by atoms with Crippen LogP contribution in [0.1, 0.15) is 19.4 Å². The summed E-state index contributed by atoms with van der Waals surface area (Å²) in [4.78, 5) is 20.1. The van der Waals surface area contributed by atoms with Gasteiger partial charge in [0, 0.05) is 53.9 Å². The van der Waals surface area contributed by atoms with Crippen LogP contribution in [0.4, 0.5) is 23.4 Å². The van der Waals surface area contributed by atoms with Gasteiger partial charge >= 0.3 is 11.9 Å². The van der Waals surface area contributed by atoms with Crippen LogP contribution >= 0.6 is 11.8 Å². The van der Waals surface area contributed by atoms with Crippen LogP contribution in [-0.2, 0) is 22.2 Å². The summed E-state index contributed by atoms with van der Waals surface area (Å²) in [7, 11) is 1.54. The number of piperazine rings is 1. The van der Waals surface area contributed by atoms with Crippen LogP contribution < -0.4 is 15.9 Å². The van der Waals surface area contributed by atoms with Gasteiger partial charge in [-0.25, -0.2) is 9.18 Å². The van der Waals surface area contributed by atoms with Crippen molar-refractivity contribution in [2.24, 2.45) is 0 Å². The van der Waals surface area contributed by atoms with Crippen LogP contribution in [0.25, 0.3) is 22.0 Å². The van der Waals surface area contributed by atoms with E-state index in [0.29, 0.717) is 35.9 Å². The number of thioether (sulfide) groups is 1. The van der Waals surface area contributed by atoms with Crippen molar-refractivity contribution in [2.45, 2.75) is 49.7 Å². The summed E-state index contributed by atoms with van der Waals surface area (Å²) in [6.45, 7) is 5.69. The van der Waals surface area contributed by atoms with Crippen molar-refractivity contribution < 1.29 is 27.0 Å². The molecular formula is C27H30F4N4O3S. The zero-order valence-electron chi connectivity index (χ0n) is 21.8. The molecule has 12 heteroatoms. The number of hydrogen-bond donors (Lipinski definition) is 1. The van der Waals surface area contributed by atoms with Gasteiger partial charge in [-0.3, -0.25) is 4.57 Å². The lowest BCUT2D eigenvalue weighted by molar-refractivity contribution is -0.137. The van der Waals surface area contributed by atoms with Gasteiger partial charge in [0.05, 0.1) is 36.9 Å². The first-order valence-electron chi connectivity index (χ1n) is 12.8. The molecule has 0 aliphatic carbocycles. The second-order valence-corrected chi connectivity index (χ2v) is 11.1. The minimum Gasteiger partial charge on any atom is -0.382 e. The normalized spacial score (nSPS) is 21.8. The van der Waals surface area contributed by atoms with Crippen molar-refractivity contribution in [3.8, 4) is 11.1 Å². The number of rotatable bonds is 6. The number of aromatic nitrogens is 2. The predicted molar refractivity (Wildman–Crippen MR) is 143 cm³/mol. The van der Waals surface area contributed by atoms with Crippen LogP contribution in [-0.4, -0.2) is 66.9 Å². The molecule has 0 saturated carbocycles. The second kappa shape index (κ2) is 11.1. The van der Waals surface area contributed by atoms with E-state index in [2.05, 4.69) is 10.3 Å². The molecule has 0 radical (unpaired) electrons. The number of alkyl halides is 3. The molecule has 3 aromatic rings. The van der Waals surface area contributed by atoms with Crippen molar-refractivity contribution in [1.29, 1.82) is 0 Å². The van der Waals surface area contributed by atoms with Gasteiger partial charge in [-0.15, -0.1) is 11.8 Å². The Morgan fingerprint density at radius 1 is 1.10 bits per heavy atom. The number of anilines is 1. The van der Waals surface area contributed by atoms with Crippen LogP contribution in [0, 0.1) is 5.82 Å².